The number of aromatic amines is 1. The minimum Gasteiger partial charge on any atom is -0.371 e. The van der Waals surface area contributed by atoms with Crippen LogP contribution in [0.5, 0.6) is 0 Å². The van der Waals surface area contributed by atoms with E-state index in [1.807, 2.05) is 24.3 Å². The molecule has 10 N–H and O–H groups in total. The van der Waals surface area contributed by atoms with E-state index in [0.29, 0.717) is 11.9 Å². The van der Waals surface area contributed by atoms with Gasteiger partial charge in [0, 0.05) is 18.0 Å². The third-order valence-corrected chi connectivity index (χ3v) is 2.43. The fraction of sp³-hybridized carbons (Fsp3) is 0.250. The number of anilines is 1. The summed E-state index contributed by atoms with van der Waals surface area (Å²) >= 11 is 0. The van der Waals surface area contributed by atoms with Crippen LogP contribution in [0.4, 0.5) is 5.82 Å². The van der Waals surface area contributed by atoms with Crippen LogP contribution in [0.3, 0.4) is 0 Å². The number of benzene rings is 1. The first-order valence-electron chi connectivity index (χ1n) is 5.37. The van der Waals surface area contributed by atoms with E-state index in [9.17, 15) is 4.79 Å². The molecule has 0 fully saturated rings. The molecule has 100 valence electrons. The monoisotopic (exact) mass is 251 g/mol. The first-order chi connectivity index (χ1) is 7.81. The van der Waals surface area contributed by atoms with Crippen LogP contribution in [0.2, 0.25) is 0 Å². The number of fused-ring (bicyclic) bond motifs is 1. The van der Waals surface area contributed by atoms with Crippen molar-refractivity contribution < 1.29 is 0 Å². The second-order valence-electron chi connectivity index (χ2n) is 3.66. The summed E-state index contributed by atoms with van der Waals surface area (Å²) in [5.41, 5.74) is 6.29. The van der Waals surface area contributed by atoms with Gasteiger partial charge in [0.05, 0.1) is 5.52 Å². The normalized spacial score (nSPS) is 9.39. The van der Waals surface area contributed by atoms with Crippen LogP contribution >= 0.6 is 0 Å². The summed E-state index contributed by atoms with van der Waals surface area (Å²) < 4.78 is 0. The lowest BCUT2D eigenvalue weighted by Crippen LogP contribution is -2.11. The van der Waals surface area contributed by atoms with Crippen molar-refractivity contribution in [3.8, 4) is 0 Å². The number of H-pyrrole nitrogens is 1. The molecule has 6 nitrogen and oxygen atoms in total. The van der Waals surface area contributed by atoms with Gasteiger partial charge in [-0.25, -0.2) is 0 Å². The zero-order valence-electron chi connectivity index (χ0n) is 10.4. The van der Waals surface area contributed by atoms with Crippen molar-refractivity contribution in [1.82, 2.24) is 17.3 Å². The highest BCUT2D eigenvalue weighted by Gasteiger charge is 2.00. The SMILES string of the molecule is N.N.NCCCNc1cc(=O)c2ccccc2[nH]1. The zero-order valence-corrected chi connectivity index (χ0v) is 10.4. The molecule has 0 bridgehead atoms. The van der Waals surface area contributed by atoms with E-state index in [-0.39, 0.29) is 17.7 Å². The van der Waals surface area contributed by atoms with E-state index >= 15 is 0 Å². The Labute approximate surface area is 106 Å². The Morgan fingerprint density at radius 1 is 1.22 bits per heavy atom. The number of nitrogens with two attached hydrogens (primary N) is 1. The Hall–Kier alpha value is -1.89. The minimum absolute atomic E-state index is 0. The van der Waals surface area contributed by atoms with Crippen LogP contribution in [0.15, 0.2) is 35.1 Å². The van der Waals surface area contributed by atoms with Crippen LogP contribution < -0.4 is 28.8 Å². The molecule has 2 aromatic rings. The first-order valence-corrected chi connectivity index (χ1v) is 5.37. The maximum absolute atomic E-state index is 11.7. The smallest absolute Gasteiger partial charge is 0.191 e. The fourth-order valence-corrected chi connectivity index (χ4v) is 1.62. The molecule has 18 heavy (non-hydrogen) atoms. The molecule has 0 saturated heterocycles. The summed E-state index contributed by atoms with van der Waals surface area (Å²) in [6.07, 6.45) is 0.884. The van der Waals surface area contributed by atoms with Gasteiger partial charge >= 0.3 is 0 Å². The van der Waals surface area contributed by atoms with Crippen molar-refractivity contribution in [2.75, 3.05) is 18.4 Å². The summed E-state index contributed by atoms with van der Waals surface area (Å²) in [7, 11) is 0. The van der Waals surface area contributed by atoms with Gasteiger partial charge in [0.1, 0.15) is 5.82 Å². The lowest BCUT2D eigenvalue weighted by molar-refractivity contribution is 0.871. The van der Waals surface area contributed by atoms with Crippen molar-refractivity contribution in [2.45, 2.75) is 6.42 Å². The summed E-state index contributed by atoms with van der Waals surface area (Å²) in [5, 5.41) is 3.86. The van der Waals surface area contributed by atoms with E-state index in [1.54, 1.807) is 6.07 Å². The Balaban J connectivity index is 0.00000144. The molecule has 0 unspecified atom stereocenters. The highest BCUT2D eigenvalue weighted by molar-refractivity contribution is 5.79. The number of hydrogen-bond acceptors (Lipinski definition) is 5. The maximum atomic E-state index is 11.7. The summed E-state index contributed by atoms with van der Waals surface area (Å²) in [6, 6.07) is 9.06. The van der Waals surface area contributed by atoms with E-state index in [1.165, 1.54) is 0 Å². The van der Waals surface area contributed by atoms with Gasteiger partial charge in [0.15, 0.2) is 5.43 Å². The lowest BCUT2D eigenvalue weighted by Gasteiger charge is -2.06. The van der Waals surface area contributed by atoms with Crippen LogP contribution in [-0.2, 0) is 0 Å². The summed E-state index contributed by atoms with van der Waals surface area (Å²) in [5.74, 6) is 0.747. The second-order valence-corrected chi connectivity index (χ2v) is 3.66. The molecule has 0 saturated carbocycles. The van der Waals surface area contributed by atoms with E-state index in [2.05, 4.69) is 10.3 Å². The van der Waals surface area contributed by atoms with Gasteiger partial charge < -0.3 is 28.3 Å². The van der Waals surface area contributed by atoms with Crippen molar-refractivity contribution >= 4 is 16.7 Å². The highest BCUT2D eigenvalue weighted by Crippen LogP contribution is 2.09. The zero-order chi connectivity index (χ0) is 11.4. The molecule has 0 radical (unpaired) electrons. The molecule has 0 amide bonds. The Kier molecular flexibility index (Phi) is 6.66. The average Bonchev–Trinajstić information content (AvgIpc) is 2.30. The number of nitrogens with one attached hydrogen (secondary N) is 2. The van der Waals surface area contributed by atoms with Crippen molar-refractivity contribution in [3.05, 3.63) is 40.6 Å². The van der Waals surface area contributed by atoms with Crippen molar-refractivity contribution in [1.29, 1.82) is 0 Å². The predicted molar refractivity (Wildman–Crippen MR) is 76.8 cm³/mol. The molecule has 0 atom stereocenters. The van der Waals surface area contributed by atoms with Crippen LogP contribution in [0, 0.1) is 0 Å². The number of hydrogen-bond donors (Lipinski definition) is 5. The molecule has 0 aliphatic heterocycles. The Bertz CT molecular complexity index is 537. The van der Waals surface area contributed by atoms with Gasteiger partial charge in [-0.15, -0.1) is 0 Å². The van der Waals surface area contributed by atoms with Crippen LogP contribution in [0.1, 0.15) is 6.42 Å². The number of rotatable bonds is 4. The minimum atomic E-state index is 0. The molecule has 1 aromatic heterocycles. The Morgan fingerprint density at radius 3 is 2.67 bits per heavy atom. The molecule has 1 aromatic carbocycles. The van der Waals surface area contributed by atoms with Crippen LogP contribution in [0.25, 0.3) is 10.9 Å². The molecule has 1 heterocycles. The third-order valence-electron chi connectivity index (χ3n) is 2.43. The molecule has 6 heteroatoms. The molecule has 0 spiro atoms. The first kappa shape index (κ1) is 16.1. The number of pyridine rings is 1. The fourth-order valence-electron chi connectivity index (χ4n) is 1.62. The lowest BCUT2D eigenvalue weighted by atomic mass is 10.2. The summed E-state index contributed by atoms with van der Waals surface area (Å²) in [4.78, 5) is 14.9. The maximum Gasteiger partial charge on any atom is 0.191 e. The molecule has 0 aliphatic carbocycles. The molecular weight excluding hydrogens is 230 g/mol. The van der Waals surface area contributed by atoms with Gasteiger partial charge in [-0.2, -0.15) is 0 Å². The third kappa shape index (κ3) is 3.56. The second kappa shape index (κ2) is 7.44. The van der Waals surface area contributed by atoms with E-state index < -0.39 is 0 Å². The standard InChI is InChI=1S/C12H15N3O.2H3N/c13-6-3-7-14-12-8-11(16)9-4-1-2-5-10(9)15-12;;/h1-2,4-5,8H,3,6-7,13H2,(H2,14,15,16);2*1H3. The number of aromatic nitrogens is 1. The summed E-state index contributed by atoms with van der Waals surface area (Å²) in [6.45, 7) is 1.41. The van der Waals surface area contributed by atoms with Gasteiger partial charge in [-0.05, 0) is 25.1 Å². The Morgan fingerprint density at radius 2 is 1.94 bits per heavy atom. The average molecular weight is 251 g/mol. The van der Waals surface area contributed by atoms with Gasteiger partial charge in [-0.1, -0.05) is 12.1 Å². The largest absolute Gasteiger partial charge is 0.371 e. The number of para-hydroxylation sites is 1. The van der Waals surface area contributed by atoms with Gasteiger partial charge in [0.25, 0.3) is 0 Å². The quantitative estimate of drug-likeness (QED) is 0.525. The van der Waals surface area contributed by atoms with E-state index in [0.717, 1.165) is 24.3 Å². The van der Waals surface area contributed by atoms with E-state index in [4.69, 9.17) is 5.73 Å². The van der Waals surface area contributed by atoms with Crippen molar-refractivity contribution in [2.24, 2.45) is 5.73 Å². The van der Waals surface area contributed by atoms with Crippen molar-refractivity contribution in [3.63, 3.8) is 0 Å². The molecular formula is C12H21N5O. The van der Waals surface area contributed by atoms with Crippen LogP contribution in [-0.4, -0.2) is 18.1 Å². The molecule has 2 rings (SSSR count). The van der Waals surface area contributed by atoms with Gasteiger partial charge in [-0.3, -0.25) is 4.79 Å². The highest BCUT2D eigenvalue weighted by atomic mass is 16.1. The predicted octanol–water partition coefficient (Wildman–Crippen LogP) is 1.61. The topological polar surface area (TPSA) is 141 Å². The molecule has 0 aliphatic rings. The van der Waals surface area contributed by atoms with Gasteiger partial charge in [0.2, 0.25) is 0 Å².